The summed E-state index contributed by atoms with van der Waals surface area (Å²) < 4.78 is 25.8. The summed E-state index contributed by atoms with van der Waals surface area (Å²) in [7, 11) is 0. The Morgan fingerprint density at radius 2 is 1.86 bits per heavy atom. The molecule has 0 unspecified atom stereocenters. The first-order valence-electron chi connectivity index (χ1n) is 7.58. The van der Waals surface area contributed by atoms with Crippen LogP contribution in [0.4, 0.5) is 4.39 Å². The lowest BCUT2D eigenvalue weighted by Crippen LogP contribution is -2.38. The van der Waals surface area contributed by atoms with E-state index in [1.807, 2.05) is 0 Å². The third-order valence-electron chi connectivity index (χ3n) is 4.55. The van der Waals surface area contributed by atoms with Crippen molar-refractivity contribution in [2.24, 2.45) is 0 Å². The van der Waals surface area contributed by atoms with Crippen LogP contribution in [0.25, 0.3) is 0 Å². The van der Waals surface area contributed by atoms with Crippen molar-refractivity contribution >= 4 is 17.6 Å². The largest absolute Gasteiger partial charge is 0.489 e. The normalized spacial score (nSPS) is 20.3. The molecule has 3 rings (SSSR count). The molecule has 1 aromatic carbocycles. The van der Waals surface area contributed by atoms with Gasteiger partial charge < -0.3 is 14.6 Å². The maximum absolute atomic E-state index is 14.8. The number of benzene rings is 1. The molecular weight excluding hydrogens is 311 g/mol. The molecule has 120 valence electrons. The third-order valence-corrected chi connectivity index (χ3v) is 4.89. The predicted molar refractivity (Wildman–Crippen MR) is 79.4 cm³/mol. The Hall–Kier alpha value is -1.49. The van der Waals surface area contributed by atoms with Gasteiger partial charge >= 0.3 is 5.97 Å². The second-order valence-corrected chi connectivity index (χ2v) is 6.26. The first-order valence-corrected chi connectivity index (χ1v) is 7.95. The van der Waals surface area contributed by atoms with Crippen LogP contribution in [0.5, 0.6) is 11.5 Å². The fraction of sp³-hybridized carbons (Fsp3) is 0.562. The number of carbonyl (C=O) groups is 1. The number of carboxylic acid groups (broad SMARTS) is 1. The van der Waals surface area contributed by atoms with Gasteiger partial charge in [-0.2, -0.15) is 0 Å². The van der Waals surface area contributed by atoms with Crippen molar-refractivity contribution in [2.45, 2.75) is 43.9 Å². The number of fused-ring (bicyclic) bond motifs is 1. The first-order chi connectivity index (χ1) is 10.6. The van der Waals surface area contributed by atoms with E-state index in [1.54, 1.807) is 0 Å². The molecule has 1 fully saturated rings. The van der Waals surface area contributed by atoms with Crippen LogP contribution in [0.3, 0.4) is 0 Å². The van der Waals surface area contributed by atoms with E-state index in [-0.39, 0.29) is 16.3 Å². The lowest BCUT2D eigenvalue weighted by Gasteiger charge is -2.34. The van der Waals surface area contributed by atoms with Crippen molar-refractivity contribution in [3.05, 3.63) is 22.5 Å². The van der Waals surface area contributed by atoms with Crippen molar-refractivity contribution in [1.82, 2.24) is 0 Å². The van der Waals surface area contributed by atoms with Crippen LogP contribution >= 0.6 is 11.6 Å². The van der Waals surface area contributed by atoms with Gasteiger partial charge in [0.1, 0.15) is 10.8 Å². The van der Waals surface area contributed by atoms with E-state index in [0.29, 0.717) is 38.2 Å². The first kappa shape index (κ1) is 15.4. The van der Waals surface area contributed by atoms with Crippen LogP contribution in [-0.4, -0.2) is 24.3 Å². The van der Waals surface area contributed by atoms with Gasteiger partial charge in [0, 0.05) is 12.0 Å². The van der Waals surface area contributed by atoms with Crippen LogP contribution in [-0.2, 0) is 10.2 Å². The molecule has 1 heterocycles. The summed E-state index contributed by atoms with van der Waals surface area (Å²) >= 11 is 6.10. The van der Waals surface area contributed by atoms with Gasteiger partial charge in [-0.1, -0.05) is 30.9 Å². The number of halogens is 2. The quantitative estimate of drug-likeness (QED) is 0.893. The molecule has 0 radical (unpaired) electrons. The zero-order valence-corrected chi connectivity index (χ0v) is 12.9. The molecule has 1 aromatic rings. The Kier molecular flexibility index (Phi) is 4.17. The smallest absolute Gasteiger partial charge is 0.314 e. The zero-order valence-electron chi connectivity index (χ0n) is 12.2. The van der Waals surface area contributed by atoms with Gasteiger partial charge in [0.15, 0.2) is 11.5 Å². The highest BCUT2D eigenvalue weighted by molar-refractivity contribution is 6.32. The van der Waals surface area contributed by atoms with Crippen molar-refractivity contribution in [1.29, 1.82) is 0 Å². The number of ether oxygens (including phenoxy) is 2. The number of hydrogen-bond acceptors (Lipinski definition) is 3. The molecule has 1 aliphatic carbocycles. The molecule has 0 amide bonds. The molecule has 4 nitrogen and oxygen atoms in total. The molecule has 1 aliphatic heterocycles. The van der Waals surface area contributed by atoms with E-state index < -0.39 is 17.2 Å². The molecular formula is C16H18ClFO4. The molecule has 6 heteroatoms. The summed E-state index contributed by atoms with van der Waals surface area (Å²) in [5.74, 6) is -1.19. The molecule has 0 atom stereocenters. The summed E-state index contributed by atoms with van der Waals surface area (Å²) in [4.78, 5) is 11.9. The van der Waals surface area contributed by atoms with Gasteiger partial charge in [-0.05, 0) is 18.9 Å². The highest BCUT2D eigenvalue weighted by atomic mass is 35.5. The Labute approximate surface area is 133 Å². The molecule has 0 aromatic heterocycles. The number of aliphatic carboxylic acids is 1. The standard InChI is InChI=1S/C16H18ClFO4/c17-12-13(18)10(9-11-14(12)22-8-4-7-21-11)16(15(19)20)5-2-1-3-6-16/h9H,1-8H2,(H,19,20). The topological polar surface area (TPSA) is 55.8 Å². The van der Waals surface area contributed by atoms with Crippen molar-refractivity contribution in [3.8, 4) is 11.5 Å². The van der Waals surface area contributed by atoms with Crippen molar-refractivity contribution in [3.63, 3.8) is 0 Å². The van der Waals surface area contributed by atoms with E-state index in [1.165, 1.54) is 6.07 Å². The van der Waals surface area contributed by atoms with Gasteiger partial charge in [0.05, 0.1) is 18.6 Å². The molecule has 2 aliphatic rings. The molecule has 0 saturated heterocycles. The second-order valence-electron chi connectivity index (χ2n) is 5.88. The average Bonchev–Trinajstić information content (AvgIpc) is 2.77. The minimum absolute atomic E-state index is 0.119. The zero-order chi connectivity index (χ0) is 15.7. The van der Waals surface area contributed by atoms with E-state index in [9.17, 15) is 14.3 Å². The highest BCUT2D eigenvalue weighted by Gasteiger charge is 2.44. The molecule has 0 bridgehead atoms. The van der Waals surface area contributed by atoms with Crippen LogP contribution in [0.1, 0.15) is 44.1 Å². The molecule has 22 heavy (non-hydrogen) atoms. The second kappa shape index (κ2) is 5.95. The minimum atomic E-state index is -1.23. The van der Waals surface area contributed by atoms with Crippen LogP contribution in [0.15, 0.2) is 6.07 Å². The Balaban J connectivity index is 2.15. The molecule has 1 saturated carbocycles. The van der Waals surface area contributed by atoms with E-state index in [4.69, 9.17) is 21.1 Å². The Bertz CT molecular complexity index is 596. The minimum Gasteiger partial charge on any atom is -0.489 e. The van der Waals surface area contributed by atoms with Crippen LogP contribution < -0.4 is 9.47 Å². The Morgan fingerprint density at radius 1 is 1.18 bits per heavy atom. The lowest BCUT2D eigenvalue weighted by atomic mass is 9.69. The number of hydrogen-bond donors (Lipinski definition) is 1. The molecule has 1 N–H and O–H groups in total. The van der Waals surface area contributed by atoms with Gasteiger partial charge in [-0.25, -0.2) is 4.39 Å². The fourth-order valence-corrected chi connectivity index (χ4v) is 3.59. The lowest BCUT2D eigenvalue weighted by molar-refractivity contribution is -0.145. The maximum Gasteiger partial charge on any atom is 0.314 e. The summed E-state index contributed by atoms with van der Waals surface area (Å²) in [6, 6.07) is 1.47. The maximum atomic E-state index is 14.8. The van der Waals surface area contributed by atoms with Gasteiger partial charge in [-0.15, -0.1) is 0 Å². The van der Waals surface area contributed by atoms with E-state index in [2.05, 4.69) is 0 Å². The summed E-state index contributed by atoms with van der Waals surface area (Å²) in [5, 5.41) is 9.56. The summed E-state index contributed by atoms with van der Waals surface area (Å²) in [6.45, 7) is 0.837. The van der Waals surface area contributed by atoms with E-state index >= 15 is 0 Å². The monoisotopic (exact) mass is 328 g/mol. The highest BCUT2D eigenvalue weighted by Crippen LogP contribution is 2.47. The van der Waals surface area contributed by atoms with Crippen LogP contribution in [0, 0.1) is 5.82 Å². The average molecular weight is 329 g/mol. The SMILES string of the molecule is O=C(O)C1(c2cc3c(c(Cl)c2F)OCCCO3)CCCCC1. The predicted octanol–water partition coefficient (Wildman–Crippen LogP) is 3.93. The van der Waals surface area contributed by atoms with Gasteiger partial charge in [0.2, 0.25) is 0 Å². The van der Waals surface area contributed by atoms with Crippen molar-refractivity contribution < 1.29 is 23.8 Å². The summed E-state index contributed by atoms with van der Waals surface area (Å²) in [6.07, 6.45) is 3.99. The summed E-state index contributed by atoms with van der Waals surface area (Å²) in [5.41, 5.74) is -1.11. The number of carboxylic acids is 1. The third kappa shape index (κ3) is 2.41. The number of rotatable bonds is 2. The van der Waals surface area contributed by atoms with Crippen LogP contribution in [0.2, 0.25) is 5.02 Å². The molecule has 0 spiro atoms. The van der Waals surface area contributed by atoms with Gasteiger partial charge in [-0.3, -0.25) is 4.79 Å². The van der Waals surface area contributed by atoms with E-state index in [0.717, 1.165) is 19.3 Å². The van der Waals surface area contributed by atoms with Crippen molar-refractivity contribution in [2.75, 3.05) is 13.2 Å². The fourth-order valence-electron chi connectivity index (χ4n) is 3.35. The van der Waals surface area contributed by atoms with Gasteiger partial charge in [0.25, 0.3) is 0 Å². The Morgan fingerprint density at radius 3 is 2.55 bits per heavy atom.